The topological polar surface area (TPSA) is 62.8 Å². The molecule has 4 aromatic rings. The molecule has 0 unspecified atom stereocenters. The maximum Gasteiger partial charge on any atom is 0.325 e. The molecule has 0 spiro atoms. The Hall–Kier alpha value is -3.93. The molecule has 2 aromatic carbocycles. The van der Waals surface area contributed by atoms with E-state index in [0.29, 0.717) is 12.4 Å². The zero-order valence-corrected chi connectivity index (χ0v) is 18.3. The first-order chi connectivity index (χ1) is 15.6. The standard InChI is InChI=1S/C26H25NO5/c1-4-31-25(28)17-27-15-5-6-23(27)24-16-22(18-7-11-20(29-2)12-8-18)26(32-24)19-9-13-21(30-3)14-10-19/h5-16H,4,17H2,1-3H3. The fraction of sp³-hybridized carbons (Fsp3) is 0.192. The molecule has 0 aliphatic rings. The molecule has 0 atom stereocenters. The van der Waals surface area contributed by atoms with Gasteiger partial charge in [0, 0.05) is 17.3 Å². The van der Waals surface area contributed by atoms with Gasteiger partial charge in [-0.3, -0.25) is 4.79 Å². The number of esters is 1. The summed E-state index contributed by atoms with van der Waals surface area (Å²) in [7, 11) is 3.28. The summed E-state index contributed by atoms with van der Waals surface area (Å²) in [5.41, 5.74) is 3.66. The lowest BCUT2D eigenvalue weighted by Gasteiger charge is -2.07. The summed E-state index contributed by atoms with van der Waals surface area (Å²) in [5, 5.41) is 0. The van der Waals surface area contributed by atoms with Crippen LogP contribution in [0, 0.1) is 0 Å². The summed E-state index contributed by atoms with van der Waals surface area (Å²) in [5.74, 6) is 2.66. The van der Waals surface area contributed by atoms with E-state index in [9.17, 15) is 4.79 Å². The van der Waals surface area contributed by atoms with Crippen molar-refractivity contribution in [3.8, 4) is 45.4 Å². The summed E-state index contributed by atoms with van der Waals surface area (Å²) in [6.07, 6.45) is 1.84. The van der Waals surface area contributed by atoms with Crippen LogP contribution in [0.5, 0.6) is 11.5 Å². The molecule has 0 aliphatic carbocycles. The van der Waals surface area contributed by atoms with Gasteiger partial charge in [-0.1, -0.05) is 12.1 Å². The molecule has 0 radical (unpaired) electrons. The van der Waals surface area contributed by atoms with E-state index in [1.54, 1.807) is 21.1 Å². The van der Waals surface area contributed by atoms with Gasteiger partial charge in [0.05, 0.1) is 26.5 Å². The zero-order chi connectivity index (χ0) is 22.5. The number of carbonyl (C=O) groups excluding carboxylic acids is 1. The van der Waals surface area contributed by atoms with E-state index in [-0.39, 0.29) is 12.5 Å². The van der Waals surface area contributed by atoms with Crippen LogP contribution in [-0.4, -0.2) is 31.4 Å². The van der Waals surface area contributed by atoms with Gasteiger partial charge in [-0.15, -0.1) is 0 Å². The molecule has 0 saturated heterocycles. The van der Waals surface area contributed by atoms with Crippen LogP contribution in [0.2, 0.25) is 0 Å². The largest absolute Gasteiger partial charge is 0.497 e. The van der Waals surface area contributed by atoms with Crippen LogP contribution in [0.3, 0.4) is 0 Å². The van der Waals surface area contributed by atoms with Crippen molar-refractivity contribution >= 4 is 5.97 Å². The molecule has 0 fully saturated rings. The van der Waals surface area contributed by atoms with E-state index in [2.05, 4.69) is 0 Å². The number of hydrogen-bond acceptors (Lipinski definition) is 5. The van der Waals surface area contributed by atoms with Crippen molar-refractivity contribution in [3.63, 3.8) is 0 Å². The maximum absolute atomic E-state index is 12.0. The molecule has 0 saturated carbocycles. The fourth-order valence-electron chi connectivity index (χ4n) is 3.58. The van der Waals surface area contributed by atoms with Crippen molar-refractivity contribution in [1.29, 1.82) is 0 Å². The van der Waals surface area contributed by atoms with Gasteiger partial charge in [0.25, 0.3) is 0 Å². The Balaban J connectivity index is 1.79. The number of benzene rings is 2. The van der Waals surface area contributed by atoms with E-state index in [1.807, 2.05) is 77.5 Å². The molecule has 4 rings (SSSR count). The van der Waals surface area contributed by atoms with Gasteiger partial charge in [0.2, 0.25) is 0 Å². The number of hydrogen-bond donors (Lipinski definition) is 0. The van der Waals surface area contributed by atoms with E-state index in [4.69, 9.17) is 18.6 Å². The van der Waals surface area contributed by atoms with Crippen LogP contribution >= 0.6 is 0 Å². The summed E-state index contributed by atoms with van der Waals surface area (Å²) in [4.78, 5) is 12.0. The zero-order valence-electron chi connectivity index (χ0n) is 18.3. The highest BCUT2D eigenvalue weighted by molar-refractivity contribution is 5.84. The van der Waals surface area contributed by atoms with Crippen LogP contribution in [0.15, 0.2) is 77.3 Å². The molecule has 0 aliphatic heterocycles. The summed E-state index contributed by atoms with van der Waals surface area (Å²) in [6, 6.07) is 21.4. The molecule has 2 heterocycles. The van der Waals surface area contributed by atoms with Crippen LogP contribution in [-0.2, 0) is 16.1 Å². The molecular formula is C26H25NO5. The molecule has 32 heavy (non-hydrogen) atoms. The Kier molecular flexibility index (Phi) is 6.31. The lowest BCUT2D eigenvalue weighted by Crippen LogP contribution is -2.13. The summed E-state index contributed by atoms with van der Waals surface area (Å²) >= 11 is 0. The molecule has 6 nitrogen and oxygen atoms in total. The van der Waals surface area contributed by atoms with Gasteiger partial charge >= 0.3 is 5.97 Å². The average molecular weight is 431 g/mol. The maximum atomic E-state index is 12.0. The van der Waals surface area contributed by atoms with Crippen LogP contribution < -0.4 is 9.47 Å². The number of carbonyl (C=O) groups is 1. The highest BCUT2D eigenvalue weighted by atomic mass is 16.5. The van der Waals surface area contributed by atoms with E-state index in [0.717, 1.165) is 39.6 Å². The Bertz CT molecular complexity index is 1120. The number of ether oxygens (including phenoxy) is 3. The van der Waals surface area contributed by atoms with Crippen LogP contribution in [0.1, 0.15) is 6.92 Å². The third-order valence-electron chi connectivity index (χ3n) is 5.17. The minimum atomic E-state index is -0.290. The SMILES string of the molecule is CCOC(=O)Cn1cccc1-c1cc(-c2ccc(OC)cc2)c(-c2ccc(OC)cc2)o1. The Labute approximate surface area is 187 Å². The van der Waals surface area contributed by atoms with Gasteiger partial charge in [-0.05, 0) is 67.1 Å². The monoisotopic (exact) mass is 431 g/mol. The van der Waals surface area contributed by atoms with E-state index < -0.39 is 0 Å². The molecule has 0 bridgehead atoms. The minimum Gasteiger partial charge on any atom is -0.497 e. The average Bonchev–Trinajstić information content (AvgIpc) is 3.46. The van der Waals surface area contributed by atoms with Gasteiger partial charge in [0.1, 0.15) is 23.8 Å². The first-order valence-electron chi connectivity index (χ1n) is 10.4. The van der Waals surface area contributed by atoms with Crippen molar-refractivity contribution in [1.82, 2.24) is 4.57 Å². The van der Waals surface area contributed by atoms with Crippen LogP contribution in [0.25, 0.3) is 33.9 Å². The number of aromatic nitrogens is 1. The van der Waals surface area contributed by atoms with Crippen molar-refractivity contribution in [3.05, 3.63) is 72.9 Å². The lowest BCUT2D eigenvalue weighted by molar-refractivity contribution is -0.143. The quantitative estimate of drug-likeness (QED) is 0.337. The first kappa shape index (κ1) is 21.3. The predicted octanol–water partition coefficient (Wildman–Crippen LogP) is 5.66. The van der Waals surface area contributed by atoms with E-state index >= 15 is 0 Å². The van der Waals surface area contributed by atoms with Crippen molar-refractivity contribution in [2.24, 2.45) is 0 Å². The van der Waals surface area contributed by atoms with Crippen molar-refractivity contribution < 1.29 is 23.4 Å². The number of rotatable bonds is 8. The third kappa shape index (κ3) is 4.39. The molecule has 0 N–H and O–H groups in total. The molecular weight excluding hydrogens is 406 g/mol. The number of nitrogens with zero attached hydrogens (tertiary/aromatic N) is 1. The lowest BCUT2D eigenvalue weighted by atomic mass is 10.0. The molecule has 6 heteroatoms. The summed E-state index contributed by atoms with van der Waals surface area (Å²) < 4.78 is 23.9. The Morgan fingerprint density at radius 2 is 1.53 bits per heavy atom. The highest BCUT2D eigenvalue weighted by Crippen LogP contribution is 2.39. The third-order valence-corrected chi connectivity index (χ3v) is 5.17. The second-order valence-corrected chi connectivity index (χ2v) is 7.14. The minimum absolute atomic E-state index is 0.118. The van der Waals surface area contributed by atoms with Gasteiger partial charge in [0.15, 0.2) is 5.76 Å². The van der Waals surface area contributed by atoms with E-state index in [1.165, 1.54) is 0 Å². The smallest absolute Gasteiger partial charge is 0.325 e. The van der Waals surface area contributed by atoms with Gasteiger partial charge in [-0.25, -0.2) is 0 Å². The fourth-order valence-corrected chi connectivity index (χ4v) is 3.58. The number of furan rings is 1. The Morgan fingerprint density at radius 1 is 0.906 bits per heavy atom. The number of methoxy groups -OCH3 is 2. The summed E-state index contributed by atoms with van der Waals surface area (Å²) in [6.45, 7) is 2.26. The van der Waals surface area contributed by atoms with Crippen molar-refractivity contribution in [2.75, 3.05) is 20.8 Å². The second kappa shape index (κ2) is 9.47. The Morgan fingerprint density at radius 3 is 2.12 bits per heavy atom. The predicted molar refractivity (Wildman–Crippen MR) is 123 cm³/mol. The molecule has 0 amide bonds. The molecule has 164 valence electrons. The first-order valence-corrected chi connectivity index (χ1v) is 10.4. The van der Waals surface area contributed by atoms with Gasteiger partial charge < -0.3 is 23.2 Å². The second-order valence-electron chi connectivity index (χ2n) is 7.14. The normalized spacial score (nSPS) is 10.7. The highest BCUT2D eigenvalue weighted by Gasteiger charge is 2.19. The molecule has 2 aromatic heterocycles. The van der Waals surface area contributed by atoms with Crippen molar-refractivity contribution in [2.45, 2.75) is 13.5 Å². The van der Waals surface area contributed by atoms with Crippen LogP contribution in [0.4, 0.5) is 0 Å². The van der Waals surface area contributed by atoms with Gasteiger partial charge in [-0.2, -0.15) is 0 Å².